The van der Waals surface area contributed by atoms with Gasteiger partial charge < -0.3 is 15.4 Å². The van der Waals surface area contributed by atoms with Gasteiger partial charge in [0.05, 0.1) is 19.6 Å². The number of rotatable bonds is 6. The van der Waals surface area contributed by atoms with Gasteiger partial charge >= 0.3 is 0 Å². The average molecular weight is 367 g/mol. The second-order valence-electron chi connectivity index (χ2n) is 6.71. The van der Waals surface area contributed by atoms with Crippen LogP contribution in [0.5, 0.6) is 5.75 Å². The Morgan fingerprint density at radius 1 is 1.04 bits per heavy atom. The molecule has 2 amide bonds. The highest BCUT2D eigenvalue weighted by Crippen LogP contribution is 2.19. The van der Waals surface area contributed by atoms with Crippen LogP contribution in [0.3, 0.4) is 0 Å². The first-order valence-electron chi connectivity index (χ1n) is 9.16. The van der Waals surface area contributed by atoms with Crippen LogP contribution < -0.4 is 15.4 Å². The fraction of sp³-hybridized carbons (Fsp3) is 0.333. The molecule has 0 aromatic heterocycles. The molecule has 6 heteroatoms. The van der Waals surface area contributed by atoms with Crippen molar-refractivity contribution in [3.05, 3.63) is 54.6 Å². The van der Waals surface area contributed by atoms with Crippen molar-refractivity contribution in [2.24, 2.45) is 5.92 Å². The van der Waals surface area contributed by atoms with E-state index in [0.29, 0.717) is 6.54 Å². The number of hydrogen-bond acceptors (Lipinski definition) is 4. The summed E-state index contributed by atoms with van der Waals surface area (Å²) in [4.78, 5) is 26.9. The van der Waals surface area contributed by atoms with Crippen LogP contribution >= 0.6 is 0 Å². The number of benzene rings is 2. The Bertz CT molecular complexity index is 762. The summed E-state index contributed by atoms with van der Waals surface area (Å²) >= 11 is 0. The summed E-state index contributed by atoms with van der Waals surface area (Å²) in [5.74, 6) is 0.579. The van der Waals surface area contributed by atoms with Gasteiger partial charge in [0.25, 0.3) is 0 Å². The third-order valence-corrected chi connectivity index (χ3v) is 4.66. The topological polar surface area (TPSA) is 70.7 Å². The largest absolute Gasteiger partial charge is 0.497 e. The third kappa shape index (κ3) is 5.56. The van der Waals surface area contributed by atoms with Crippen LogP contribution in [0.25, 0.3) is 0 Å². The maximum atomic E-state index is 12.5. The normalized spacial score (nSPS) is 17.1. The van der Waals surface area contributed by atoms with E-state index in [9.17, 15) is 9.59 Å². The molecule has 1 aliphatic rings. The lowest BCUT2D eigenvalue weighted by atomic mass is 9.97. The molecular weight excluding hydrogens is 342 g/mol. The molecule has 2 N–H and O–H groups in total. The lowest BCUT2D eigenvalue weighted by Crippen LogP contribution is -2.43. The van der Waals surface area contributed by atoms with Crippen LogP contribution in [0.1, 0.15) is 12.8 Å². The van der Waals surface area contributed by atoms with Gasteiger partial charge in [0, 0.05) is 17.9 Å². The molecule has 142 valence electrons. The number of nitrogens with zero attached hydrogens (tertiary/aromatic N) is 1. The Balaban J connectivity index is 1.49. The van der Waals surface area contributed by atoms with Gasteiger partial charge in [-0.05, 0) is 55.8 Å². The highest BCUT2D eigenvalue weighted by atomic mass is 16.5. The zero-order valence-corrected chi connectivity index (χ0v) is 15.5. The van der Waals surface area contributed by atoms with Crippen LogP contribution in [-0.4, -0.2) is 43.5 Å². The van der Waals surface area contributed by atoms with Crippen LogP contribution in [0, 0.1) is 5.92 Å². The van der Waals surface area contributed by atoms with E-state index in [-0.39, 0.29) is 24.3 Å². The smallest absolute Gasteiger partial charge is 0.238 e. The number of methoxy groups -OCH3 is 1. The van der Waals surface area contributed by atoms with Crippen molar-refractivity contribution in [1.29, 1.82) is 0 Å². The zero-order chi connectivity index (χ0) is 19.1. The number of amides is 2. The number of para-hydroxylation sites is 1. The molecule has 0 radical (unpaired) electrons. The van der Waals surface area contributed by atoms with Crippen molar-refractivity contribution in [1.82, 2.24) is 4.90 Å². The maximum absolute atomic E-state index is 12.5. The molecule has 1 saturated heterocycles. The van der Waals surface area contributed by atoms with E-state index >= 15 is 0 Å². The second kappa shape index (κ2) is 9.19. The van der Waals surface area contributed by atoms with Gasteiger partial charge in [-0.25, -0.2) is 0 Å². The molecule has 0 unspecified atom stereocenters. The Morgan fingerprint density at radius 3 is 2.44 bits per heavy atom. The van der Waals surface area contributed by atoms with E-state index in [4.69, 9.17) is 4.74 Å². The first-order valence-corrected chi connectivity index (χ1v) is 9.16. The van der Waals surface area contributed by atoms with E-state index in [0.717, 1.165) is 36.5 Å². The molecule has 1 heterocycles. The van der Waals surface area contributed by atoms with E-state index in [1.807, 2.05) is 47.4 Å². The first kappa shape index (κ1) is 18.9. The number of hydrogen-bond donors (Lipinski definition) is 2. The number of anilines is 2. The lowest BCUT2D eigenvalue weighted by Gasteiger charge is -2.31. The van der Waals surface area contributed by atoms with Crippen molar-refractivity contribution < 1.29 is 14.3 Å². The quantitative estimate of drug-likeness (QED) is 0.823. The van der Waals surface area contributed by atoms with Crippen molar-refractivity contribution >= 4 is 23.2 Å². The highest BCUT2D eigenvalue weighted by molar-refractivity contribution is 5.93. The van der Waals surface area contributed by atoms with Crippen molar-refractivity contribution in [2.75, 3.05) is 37.4 Å². The molecule has 1 atom stereocenters. The molecule has 27 heavy (non-hydrogen) atoms. The predicted molar refractivity (Wildman–Crippen MR) is 106 cm³/mol. The third-order valence-electron chi connectivity index (χ3n) is 4.66. The summed E-state index contributed by atoms with van der Waals surface area (Å²) in [5.41, 5.74) is 1.54. The molecule has 0 spiro atoms. The summed E-state index contributed by atoms with van der Waals surface area (Å²) in [5, 5.41) is 5.85. The minimum absolute atomic E-state index is 0.0152. The first-order chi connectivity index (χ1) is 13.1. The Morgan fingerprint density at radius 2 is 1.74 bits per heavy atom. The van der Waals surface area contributed by atoms with E-state index in [2.05, 4.69) is 10.6 Å². The van der Waals surface area contributed by atoms with Crippen molar-refractivity contribution in [2.45, 2.75) is 12.8 Å². The number of carbonyl (C=O) groups is 2. The molecule has 1 fully saturated rings. The molecular formula is C21H25N3O3. The molecule has 0 saturated carbocycles. The SMILES string of the molecule is COc1ccc(NC(=O)CN2CCC[C@H](C(=O)Nc3ccccc3)C2)cc1. The Hall–Kier alpha value is -2.86. The Labute approximate surface area is 159 Å². The lowest BCUT2D eigenvalue weighted by molar-refractivity contribution is -0.123. The number of ether oxygens (including phenoxy) is 1. The summed E-state index contributed by atoms with van der Waals surface area (Å²) in [6.45, 7) is 1.70. The van der Waals surface area contributed by atoms with Crippen molar-refractivity contribution in [3.63, 3.8) is 0 Å². The van der Waals surface area contributed by atoms with Crippen LogP contribution in [0.4, 0.5) is 11.4 Å². The molecule has 3 rings (SSSR count). The van der Waals surface area contributed by atoms with Gasteiger partial charge in [-0.3, -0.25) is 14.5 Å². The van der Waals surface area contributed by atoms with Gasteiger partial charge in [0.1, 0.15) is 5.75 Å². The van der Waals surface area contributed by atoms with Crippen LogP contribution in [0.15, 0.2) is 54.6 Å². The van der Waals surface area contributed by atoms with E-state index < -0.39 is 0 Å². The predicted octanol–water partition coefficient (Wildman–Crippen LogP) is 2.98. The molecule has 0 bridgehead atoms. The molecule has 0 aliphatic carbocycles. The number of nitrogens with one attached hydrogen (secondary N) is 2. The minimum atomic E-state index is -0.104. The van der Waals surface area contributed by atoms with Crippen molar-refractivity contribution in [3.8, 4) is 5.75 Å². The number of likely N-dealkylation sites (tertiary alicyclic amines) is 1. The summed E-state index contributed by atoms with van der Waals surface area (Å²) in [6.07, 6.45) is 1.75. The number of piperidine rings is 1. The maximum Gasteiger partial charge on any atom is 0.238 e. The molecule has 1 aliphatic heterocycles. The van der Waals surface area contributed by atoms with Crippen LogP contribution in [-0.2, 0) is 9.59 Å². The monoisotopic (exact) mass is 367 g/mol. The van der Waals surface area contributed by atoms with E-state index in [1.165, 1.54) is 0 Å². The van der Waals surface area contributed by atoms with E-state index in [1.54, 1.807) is 19.2 Å². The van der Waals surface area contributed by atoms with Gasteiger partial charge in [0.15, 0.2) is 0 Å². The van der Waals surface area contributed by atoms with Gasteiger partial charge in [-0.2, -0.15) is 0 Å². The fourth-order valence-corrected chi connectivity index (χ4v) is 3.26. The molecule has 2 aromatic carbocycles. The highest BCUT2D eigenvalue weighted by Gasteiger charge is 2.26. The zero-order valence-electron chi connectivity index (χ0n) is 15.5. The summed E-state index contributed by atoms with van der Waals surface area (Å²) in [7, 11) is 1.61. The number of carbonyl (C=O) groups excluding carboxylic acids is 2. The molecule has 2 aromatic rings. The fourth-order valence-electron chi connectivity index (χ4n) is 3.26. The summed E-state index contributed by atoms with van der Waals surface area (Å²) in [6, 6.07) is 16.7. The standard InChI is InChI=1S/C21H25N3O3/c1-27-19-11-9-18(10-12-19)22-20(25)15-24-13-5-6-16(14-24)21(26)23-17-7-3-2-4-8-17/h2-4,7-12,16H,5-6,13-15H2,1H3,(H,22,25)(H,23,26)/t16-/m0/s1. The second-order valence-corrected chi connectivity index (χ2v) is 6.71. The molecule has 6 nitrogen and oxygen atoms in total. The minimum Gasteiger partial charge on any atom is -0.497 e. The van der Waals surface area contributed by atoms with Crippen LogP contribution in [0.2, 0.25) is 0 Å². The van der Waals surface area contributed by atoms with Gasteiger partial charge in [-0.15, -0.1) is 0 Å². The van der Waals surface area contributed by atoms with Gasteiger partial charge in [-0.1, -0.05) is 18.2 Å². The summed E-state index contributed by atoms with van der Waals surface area (Å²) < 4.78 is 5.11. The van der Waals surface area contributed by atoms with Gasteiger partial charge in [0.2, 0.25) is 11.8 Å². The Kier molecular flexibility index (Phi) is 6.44. The average Bonchev–Trinajstić information content (AvgIpc) is 2.69.